The van der Waals surface area contributed by atoms with Crippen LogP contribution in [0.25, 0.3) is 11.1 Å². The lowest BCUT2D eigenvalue weighted by atomic mass is 10.0. The van der Waals surface area contributed by atoms with Gasteiger partial charge >= 0.3 is 0 Å². The molecule has 0 saturated heterocycles. The summed E-state index contributed by atoms with van der Waals surface area (Å²) in [6.45, 7) is 5.26. The number of nitrogens with one attached hydrogen (secondary N) is 2. The van der Waals surface area contributed by atoms with Crippen molar-refractivity contribution in [3.63, 3.8) is 0 Å². The number of carbonyl (C=O) groups excluding carboxylic acids is 3. The topological polar surface area (TPSA) is 157 Å². The largest absolute Gasteiger partial charge is 0.381 e. The molecular weight excluding hydrogens is 576 g/mol. The molecule has 3 aromatic heterocycles. The number of carbonyl (C=O) groups is 3. The number of amides is 3. The van der Waals surface area contributed by atoms with E-state index in [1.165, 1.54) is 4.74 Å². The standard InChI is InChI=1S/C32H30N8O5/c1-6-23-26-27(30(42)35-21-9-7-8-20(16-21)29(41)36-24-14-15-38(4)37-24)33-18(3)34-28(26)32(44)40(23)22-12-10-19(11-13-22)25-17(2)45-39(5)31(25)43/h7-16,23H,6H2,1-5H3,(H,35,42)(H,36,37,41)/t23-/m0/s1. The average Bonchev–Trinajstić information content (AvgIpc) is 3.64. The predicted molar refractivity (Wildman–Crippen MR) is 166 cm³/mol. The maximum Gasteiger partial charge on any atom is 0.290 e. The first kappa shape index (κ1) is 29.2. The van der Waals surface area contributed by atoms with Crippen LogP contribution in [-0.2, 0) is 14.1 Å². The third kappa shape index (κ3) is 5.28. The smallest absolute Gasteiger partial charge is 0.290 e. The van der Waals surface area contributed by atoms with Crippen LogP contribution in [-0.4, -0.2) is 42.2 Å². The Morgan fingerprint density at radius 3 is 2.36 bits per heavy atom. The summed E-state index contributed by atoms with van der Waals surface area (Å²) < 4.78 is 8.17. The van der Waals surface area contributed by atoms with Gasteiger partial charge in [0, 0.05) is 48.9 Å². The van der Waals surface area contributed by atoms with E-state index >= 15 is 0 Å². The number of benzene rings is 2. The number of aromatic nitrogens is 5. The zero-order valence-corrected chi connectivity index (χ0v) is 25.3. The Kier molecular flexibility index (Phi) is 7.36. The van der Waals surface area contributed by atoms with Crippen molar-refractivity contribution in [2.24, 2.45) is 14.1 Å². The first-order chi connectivity index (χ1) is 21.5. The first-order valence-electron chi connectivity index (χ1n) is 14.3. The molecule has 1 atom stereocenters. The summed E-state index contributed by atoms with van der Waals surface area (Å²) in [5, 5.41) is 9.71. The second kappa shape index (κ2) is 11.3. The summed E-state index contributed by atoms with van der Waals surface area (Å²) in [5.41, 5.74) is 2.81. The van der Waals surface area contributed by atoms with Crippen molar-refractivity contribution in [3.05, 3.63) is 105 Å². The molecule has 1 aliphatic rings. The van der Waals surface area contributed by atoms with Gasteiger partial charge in [-0.2, -0.15) is 9.84 Å². The summed E-state index contributed by atoms with van der Waals surface area (Å²) in [4.78, 5) is 63.3. The molecule has 0 spiro atoms. The van der Waals surface area contributed by atoms with Gasteiger partial charge in [-0.05, 0) is 56.2 Å². The Labute approximate surface area is 257 Å². The van der Waals surface area contributed by atoms with Crippen LogP contribution in [0.5, 0.6) is 0 Å². The van der Waals surface area contributed by atoms with Gasteiger partial charge in [0.15, 0.2) is 5.82 Å². The van der Waals surface area contributed by atoms with E-state index in [-0.39, 0.29) is 34.6 Å². The van der Waals surface area contributed by atoms with Crippen LogP contribution < -0.4 is 21.1 Å². The molecule has 3 amide bonds. The molecule has 0 saturated carbocycles. The average molecular weight is 607 g/mol. The molecule has 0 aliphatic carbocycles. The van der Waals surface area contributed by atoms with Gasteiger partial charge in [0.25, 0.3) is 23.3 Å². The van der Waals surface area contributed by atoms with Crippen LogP contribution in [0.15, 0.2) is 70.1 Å². The molecule has 4 heterocycles. The molecule has 228 valence electrons. The van der Waals surface area contributed by atoms with E-state index in [0.29, 0.717) is 51.6 Å². The fourth-order valence-corrected chi connectivity index (χ4v) is 5.62. The number of hydrogen-bond acceptors (Lipinski definition) is 8. The van der Waals surface area contributed by atoms with E-state index in [2.05, 4.69) is 25.7 Å². The molecular formula is C32H30N8O5. The van der Waals surface area contributed by atoms with E-state index in [1.807, 2.05) is 6.92 Å². The highest BCUT2D eigenvalue weighted by Gasteiger charge is 2.42. The lowest BCUT2D eigenvalue weighted by Crippen LogP contribution is -2.28. The second-order valence-electron chi connectivity index (χ2n) is 10.7. The summed E-state index contributed by atoms with van der Waals surface area (Å²) >= 11 is 0. The second-order valence-corrected chi connectivity index (χ2v) is 10.7. The van der Waals surface area contributed by atoms with E-state index in [9.17, 15) is 19.2 Å². The molecule has 13 nitrogen and oxygen atoms in total. The Balaban J connectivity index is 1.28. The molecule has 1 aliphatic heterocycles. The van der Waals surface area contributed by atoms with Crippen LogP contribution >= 0.6 is 0 Å². The van der Waals surface area contributed by atoms with Crippen molar-refractivity contribution < 1.29 is 18.9 Å². The van der Waals surface area contributed by atoms with Gasteiger partial charge in [0.1, 0.15) is 23.0 Å². The lowest BCUT2D eigenvalue weighted by molar-refractivity contribution is 0.0984. The summed E-state index contributed by atoms with van der Waals surface area (Å²) in [7, 11) is 3.30. The fraction of sp³-hybridized carbons (Fsp3) is 0.219. The summed E-state index contributed by atoms with van der Waals surface area (Å²) in [5.74, 6) is -0.105. The maximum absolute atomic E-state index is 13.8. The van der Waals surface area contributed by atoms with Crippen molar-refractivity contribution in [2.45, 2.75) is 33.2 Å². The van der Waals surface area contributed by atoms with E-state index < -0.39 is 11.9 Å². The number of fused-ring (bicyclic) bond motifs is 1. The molecule has 0 radical (unpaired) electrons. The van der Waals surface area contributed by atoms with E-state index in [1.54, 1.807) is 98.3 Å². The minimum Gasteiger partial charge on any atom is -0.381 e. The highest BCUT2D eigenvalue weighted by molar-refractivity contribution is 6.14. The summed E-state index contributed by atoms with van der Waals surface area (Å²) in [6.07, 6.45) is 2.20. The molecule has 2 aromatic carbocycles. The fourth-order valence-electron chi connectivity index (χ4n) is 5.62. The highest BCUT2D eigenvalue weighted by atomic mass is 16.5. The summed E-state index contributed by atoms with van der Waals surface area (Å²) in [6, 6.07) is 14.7. The van der Waals surface area contributed by atoms with Gasteiger partial charge in [0.2, 0.25) is 0 Å². The SMILES string of the molecule is CC[C@H]1c2c(C(=O)Nc3cccc(C(=O)Nc4ccn(C)n4)c3)nc(C)nc2C(=O)N1c1ccc(-c2c(C)on(C)c2=O)cc1. The van der Waals surface area contributed by atoms with Crippen LogP contribution in [0.2, 0.25) is 0 Å². The predicted octanol–water partition coefficient (Wildman–Crippen LogP) is 4.40. The minimum absolute atomic E-state index is 0.0812. The number of hydrogen-bond donors (Lipinski definition) is 2. The van der Waals surface area contributed by atoms with Crippen molar-refractivity contribution >= 4 is 34.9 Å². The monoisotopic (exact) mass is 606 g/mol. The zero-order valence-electron chi connectivity index (χ0n) is 25.3. The normalized spacial score (nSPS) is 14.0. The molecule has 5 aromatic rings. The first-order valence-corrected chi connectivity index (χ1v) is 14.3. The van der Waals surface area contributed by atoms with Crippen LogP contribution in [0, 0.1) is 13.8 Å². The van der Waals surface area contributed by atoms with Crippen LogP contribution in [0.4, 0.5) is 17.2 Å². The van der Waals surface area contributed by atoms with Crippen molar-refractivity contribution in [1.29, 1.82) is 0 Å². The Morgan fingerprint density at radius 2 is 1.71 bits per heavy atom. The number of rotatable bonds is 7. The molecule has 45 heavy (non-hydrogen) atoms. The van der Waals surface area contributed by atoms with Crippen molar-refractivity contribution in [2.75, 3.05) is 15.5 Å². The number of aryl methyl sites for hydroxylation is 4. The van der Waals surface area contributed by atoms with Gasteiger partial charge in [0.05, 0.1) is 11.6 Å². The minimum atomic E-state index is -0.534. The Morgan fingerprint density at radius 1 is 0.956 bits per heavy atom. The molecule has 13 heteroatoms. The third-order valence-corrected chi connectivity index (χ3v) is 7.62. The van der Waals surface area contributed by atoms with Crippen LogP contribution in [0.1, 0.15) is 67.9 Å². The van der Waals surface area contributed by atoms with Crippen LogP contribution in [0.3, 0.4) is 0 Å². The Hall–Kier alpha value is -5.85. The molecule has 2 N–H and O–H groups in total. The lowest BCUT2D eigenvalue weighted by Gasteiger charge is -2.25. The van der Waals surface area contributed by atoms with Gasteiger partial charge < -0.3 is 15.2 Å². The van der Waals surface area contributed by atoms with Gasteiger partial charge in [-0.1, -0.05) is 25.1 Å². The van der Waals surface area contributed by atoms with E-state index in [0.717, 1.165) is 0 Å². The molecule has 0 unspecified atom stereocenters. The quantitative estimate of drug-likeness (QED) is 0.276. The molecule has 6 rings (SSSR count). The van der Waals surface area contributed by atoms with E-state index in [4.69, 9.17) is 4.52 Å². The highest BCUT2D eigenvalue weighted by Crippen LogP contribution is 2.40. The van der Waals surface area contributed by atoms with Crippen molar-refractivity contribution in [1.82, 2.24) is 24.5 Å². The van der Waals surface area contributed by atoms with Crippen molar-refractivity contribution in [3.8, 4) is 11.1 Å². The zero-order chi connectivity index (χ0) is 32.0. The number of anilines is 3. The number of nitrogens with zero attached hydrogens (tertiary/aromatic N) is 6. The molecule has 0 fully saturated rings. The van der Waals surface area contributed by atoms with Gasteiger partial charge in [-0.3, -0.25) is 28.8 Å². The molecule has 0 bridgehead atoms. The Bertz CT molecular complexity index is 2040. The van der Waals surface area contributed by atoms with Gasteiger partial charge in [-0.25, -0.2) is 9.97 Å². The maximum atomic E-state index is 13.8. The third-order valence-electron chi connectivity index (χ3n) is 7.62. The van der Waals surface area contributed by atoms with Gasteiger partial charge in [-0.15, -0.1) is 0 Å².